The number of halogens is 2. The highest BCUT2D eigenvalue weighted by Crippen LogP contribution is 2.29. The monoisotopic (exact) mass is 239 g/mol. The second-order valence-electron chi connectivity index (χ2n) is 4.80. The highest BCUT2D eigenvalue weighted by Gasteiger charge is 2.27. The van der Waals surface area contributed by atoms with E-state index in [1.54, 1.807) is 0 Å². The van der Waals surface area contributed by atoms with Crippen LogP contribution in [0.1, 0.15) is 31.7 Å². The maximum absolute atomic E-state index is 13.5. The van der Waals surface area contributed by atoms with Crippen LogP contribution in [-0.2, 0) is 6.42 Å². The zero-order chi connectivity index (χ0) is 12.3. The molecule has 1 fully saturated rings. The summed E-state index contributed by atoms with van der Waals surface area (Å²) in [5, 5.41) is 3.43. The Morgan fingerprint density at radius 2 is 2.12 bits per heavy atom. The molecule has 1 aromatic rings. The molecule has 0 amide bonds. The van der Waals surface area contributed by atoms with E-state index in [2.05, 4.69) is 12.2 Å². The van der Waals surface area contributed by atoms with Gasteiger partial charge in [-0.25, -0.2) is 8.78 Å². The van der Waals surface area contributed by atoms with Crippen LogP contribution < -0.4 is 5.32 Å². The molecule has 0 saturated heterocycles. The van der Waals surface area contributed by atoms with E-state index < -0.39 is 0 Å². The predicted molar refractivity (Wildman–Crippen MR) is 64.9 cm³/mol. The molecule has 0 radical (unpaired) electrons. The van der Waals surface area contributed by atoms with E-state index in [0.717, 1.165) is 19.4 Å². The van der Waals surface area contributed by atoms with E-state index >= 15 is 0 Å². The second-order valence-corrected chi connectivity index (χ2v) is 4.80. The Morgan fingerprint density at radius 1 is 1.29 bits per heavy atom. The summed E-state index contributed by atoms with van der Waals surface area (Å²) in [5.74, 6) is -0.195. The van der Waals surface area contributed by atoms with E-state index in [-0.39, 0.29) is 11.6 Å². The van der Waals surface area contributed by atoms with Gasteiger partial charge in [-0.2, -0.15) is 0 Å². The van der Waals surface area contributed by atoms with Crippen LogP contribution in [0.3, 0.4) is 0 Å². The number of rotatable bonds is 4. The molecule has 0 aromatic heterocycles. The molecule has 1 aliphatic carbocycles. The van der Waals surface area contributed by atoms with Gasteiger partial charge in [0.15, 0.2) is 0 Å². The zero-order valence-corrected chi connectivity index (χ0v) is 10.2. The fraction of sp³-hybridized carbons (Fsp3) is 0.571. The first-order valence-electron chi connectivity index (χ1n) is 6.38. The van der Waals surface area contributed by atoms with Crippen LogP contribution in [-0.4, -0.2) is 12.6 Å². The van der Waals surface area contributed by atoms with Crippen LogP contribution >= 0.6 is 0 Å². The van der Waals surface area contributed by atoms with E-state index in [1.165, 1.54) is 24.6 Å². The van der Waals surface area contributed by atoms with Crippen LogP contribution in [0.5, 0.6) is 0 Å². The Morgan fingerprint density at radius 3 is 2.88 bits per heavy atom. The van der Waals surface area contributed by atoms with Gasteiger partial charge in [-0.05, 0) is 55.5 Å². The topological polar surface area (TPSA) is 12.0 Å². The van der Waals surface area contributed by atoms with E-state index in [0.29, 0.717) is 23.9 Å². The third-order valence-electron chi connectivity index (χ3n) is 3.62. The highest BCUT2D eigenvalue weighted by molar-refractivity contribution is 5.19. The van der Waals surface area contributed by atoms with Crippen molar-refractivity contribution in [3.63, 3.8) is 0 Å². The Balaban J connectivity index is 2.06. The summed E-state index contributed by atoms with van der Waals surface area (Å²) in [5.41, 5.74) is 0.514. The quantitative estimate of drug-likeness (QED) is 0.850. The first-order valence-corrected chi connectivity index (χ1v) is 6.38. The van der Waals surface area contributed by atoms with Crippen molar-refractivity contribution < 1.29 is 8.78 Å². The Bertz CT molecular complexity index is 378. The molecule has 1 saturated carbocycles. The van der Waals surface area contributed by atoms with Gasteiger partial charge in [0.25, 0.3) is 0 Å². The SMILES string of the molecule is CCNC1CCCC1Cc1cc(F)ccc1F. The summed E-state index contributed by atoms with van der Waals surface area (Å²) in [6, 6.07) is 4.19. The molecule has 0 spiro atoms. The lowest BCUT2D eigenvalue weighted by atomic mass is 9.94. The van der Waals surface area contributed by atoms with Crippen molar-refractivity contribution in [3.8, 4) is 0 Å². The summed E-state index contributed by atoms with van der Waals surface area (Å²) >= 11 is 0. The number of benzene rings is 1. The van der Waals surface area contributed by atoms with Crippen molar-refractivity contribution in [1.82, 2.24) is 5.32 Å². The minimum absolute atomic E-state index is 0.284. The van der Waals surface area contributed by atoms with Crippen LogP contribution in [0.15, 0.2) is 18.2 Å². The lowest BCUT2D eigenvalue weighted by Gasteiger charge is -2.20. The van der Waals surface area contributed by atoms with Gasteiger partial charge < -0.3 is 5.32 Å². The smallest absolute Gasteiger partial charge is 0.126 e. The summed E-state index contributed by atoms with van der Waals surface area (Å²) in [6.07, 6.45) is 4.07. The van der Waals surface area contributed by atoms with Crippen molar-refractivity contribution in [3.05, 3.63) is 35.4 Å². The largest absolute Gasteiger partial charge is 0.314 e. The van der Waals surface area contributed by atoms with Gasteiger partial charge in [0.05, 0.1) is 0 Å². The average Bonchev–Trinajstić information content (AvgIpc) is 2.72. The van der Waals surface area contributed by atoms with Gasteiger partial charge in [-0.3, -0.25) is 0 Å². The van der Waals surface area contributed by atoms with Crippen LogP contribution in [0.2, 0.25) is 0 Å². The molecule has 0 bridgehead atoms. The van der Waals surface area contributed by atoms with Crippen molar-refractivity contribution >= 4 is 0 Å². The fourth-order valence-electron chi connectivity index (χ4n) is 2.79. The molecule has 1 nitrogen and oxygen atoms in total. The molecule has 0 aliphatic heterocycles. The zero-order valence-electron chi connectivity index (χ0n) is 10.2. The number of hydrogen-bond acceptors (Lipinski definition) is 1. The Hall–Kier alpha value is -0.960. The van der Waals surface area contributed by atoms with E-state index in [9.17, 15) is 8.78 Å². The molecule has 0 heterocycles. The van der Waals surface area contributed by atoms with Crippen LogP contribution in [0, 0.1) is 17.6 Å². The highest BCUT2D eigenvalue weighted by atomic mass is 19.1. The first kappa shape index (κ1) is 12.5. The van der Waals surface area contributed by atoms with Gasteiger partial charge >= 0.3 is 0 Å². The van der Waals surface area contributed by atoms with Crippen molar-refractivity contribution in [2.45, 2.75) is 38.6 Å². The number of nitrogens with one attached hydrogen (secondary N) is 1. The number of hydrogen-bond donors (Lipinski definition) is 1. The van der Waals surface area contributed by atoms with Crippen LogP contribution in [0.25, 0.3) is 0 Å². The Labute approximate surface area is 101 Å². The third-order valence-corrected chi connectivity index (χ3v) is 3.62. The molecule has 1 N–H and O–H groups in total. The normalized spacial score (nSPS) is 24.2. The first-order chi connectivity index (χ1) is 8.20. The second kappa shape index (κ2) is 5.58. The molecule has 17 heavy (non-hydrogen) atoms. The standard InChI is InChI=1S/C14H19F2N/c1-2-17-14-5-3-4-10(14)8-11-9-12(15)6-7-13(11)16/h6-7,9-10,14,17H,2-5,8H2,1H3. The molecule has 1 aliphatic rings. The van der Waals surface area contributed by atoms with E-state index in [1.807, 2.05) is 0 Å². The van der Waals surface area contributed by atoms with Gasteiger partial charge in [0, 0.05) is 6.04 Å². The molecule has 2 atom stereocenters. The van der Waals surface area contributed by atoms with Gasteiger partial charge in [-0.15, -0.1) is 0 Å². The molecule has 2 rings (SSSR count). The minimum atomic E-state index is -0.348. The van der Waals surface area contributed by atoms with Gasteiger partial charge in [-0.1, -0.05) is 13.3 Å². The molecular formula is C14H19F2N. The molecule has 94 valence electrons. The van der Waals surface area contributed by atoms with Crippen molar-refractivity contribution in [2.75, 3.05) is 6.54 Å². The van der Waals surface area contributed by atoms with Gasteiger partial charge in [0.2, 0.25) is 0 Å². The van der Waals surface area contributed by atoms with Crippen molar-refractivity contribution in [1.29, 1.82) is 0 Å². The van der Waals surface area contributed by atoms with E-state index in [4.69, 9.17) is 0 Å². The molecular weight excluding hydrogens is 220 g/mol. The maximum Gasteiger partial charge on any atom is 0.126 e. The maximum atomic E-state index is 13.5. The van der Waals surface area contributed by atoms with Crippen molar-refractivity contribution in [2.24, 2.45) is 5.92 Å². The van der Waals surface area contributed by atoms with Gasteiger partial charge in [0.1, 0.15) is 11.6 Å². The molecule has 2 unspecified atom stereocenters. The predicted octanol–water partition coefficient (Wildman–Crippen LogP) is 3.29. The third kappa shape index (κ3) is 3.03. The molecule has 3 heteroatoms. The summed E-state index contributed by atoms with van der Waals surface area (Å²) < 4.78 is 26.6. The minimum Gasteiger partial charge on any atom is -0.314 e. The summed E-state index contributed by atoms with van der Waals surface area (Å²) in [4.78, 5) is 0. The average molecular weight is 239 g/mol. The lowest BCUT2D eigenvalue weighted by molar-refractivity contribution is 0.400. The molecule has 1 aromatic carbocycles. The van der Waals surface area contributed by atoms with Crippen LogP contribution in [0.4, 0.5) is 8.78 Å². The summed E-state index contributed by atoms with van der Waals surface area (Å²) in [7, 11) is 0. The fourth-order valence-corrected chi connectivity index (χ4v) is 2.79. The Kier molecular flexibility index (Phi) is 4.11. The summed E-state index contributed by atoms with van der Waals surface area (Å²) in [6.45, 7) is 3.02. The lowest BCUT2D eigenvalue weighted by Crippen LogP contribution is -2.33.